The van der Waals surface area contributed by atoms with E-state index in [1.165, 1.54) is 12.1 Å². The summed E-state index contributed by atoms with van der Waals surface area (Å²) in [5.74, 6) is 0.718. The molecule has 1 aromatic carbocycles. The summed E-state index contributed by atoms with van der Waals surface area (Å²) in [6, 6.07) is 6.58. The van der Waals surface area contributed by atoms with Gasteiger partial charge in [0.05, 0.1) is 0 Å². The van der Waals surface area contributed by atoms with Crippen LogP contribution in [0.4, 0.5) is 10.1 Å². The Hall–Kier alpha value is -1.78. The summed E-state index contributed by atoms with van der Waals surface area (Å²) in [5.41, 5.74) is 1.04. The largest absolute Gasteiger partial charge is 0.375 e. The molecule has 2 rings (SSSR count). The van der Waals surface area contributed by atoms with Gasteiger partial charge in [0.1, 0.15) is 5.82 Å². The number of halogens is 1. The summed E-state index contributed by atoms with van der Waals surface area (Å²) in [6.07, 6.45) is 2.12. The highest BCUT2D eigenvalue weighted by Gasteiger charge is 2.03. The molecule has 0 saturated carbocycles. The van der Waals surface area contributed by atoms with E-state index in [0.29, 0.717) is 0 Å². The molecule has 4 nitrogen and oxygen atoms in total. The van der Waals surface area contributed by atoms with Gasteiger partial charge in [0.2, 0.25) is 0 Å². The van der Waals surface area contributed by atoms with Crippen LogP contribution in [-0.2, 0) is 0 Å². The molecule has 0 bridgehead atoms. The van der Waals surface area contributed by atoms with Gasteiger partial charge in [-0.05, 0) is 37.1 Å². The second kappa shape index (κ2) is 6.97. The molecule has 0 aliphatic carbocycles. The van der Waals surface area contributed by atoms with E-state index in [9.17, 15) is 4.39 Å². The van der Waals surface area contributed by atoms with E-state index in [0.717, 1.165) is 50.7 Å². The second-order valence-corrected chi connectivity index (χ2v) is 4.69. The third-order valence-electron chi connectivity index (χ3n) is 3.13. The van der Waals surface area contributed by atoms with Crippen molar-refractivity contribution in [1.29, 1.82) is 0 Å². The maximum Gasteiger partial charge on any atom is 0.191 e. The fourth-order valence-corrected chi connectivity index (χ4v) is 2.00. The molecule has 1 aliphatic heterocycles. The van der Waals surface area contributed by atoms with Crippen LogP contribution in [0.2, 0.25) is 0 Å². The zero-order valence-electron chi connectivity index (χ0n) is 11.3. The van der Waals surface area contributed by atoms with E-state index in [-0.39, 0.29) is 5.82 Å². The van der Waals surface area contributed by atoms with Gasteiger partial charge in [0.15, 0.2) is 5.96 Å². The van der Waals surface area contributed by atoms with Crippen molar-refractivity contribution in [2.24, 2.45) is 4.99 Å². The van der Waals surface area contributed by atoms with Crippen LogP contribution >= 0.6 is 0 Å². The Morgan fingerprint density at radius 3 is 2.84 bits per heavy atom. The van der Waals surface area contributed by atoms with Crippen LogP contribution in [0.3, 0.4) is 0 Å². The number of anilines is 1. The molecule has 1 aromatic rings. The standard InChI is InChI=1S/C14H21FN4/c1-19(13-6-4-12(15)5-7-13)11-3-10-18-14-16-8-2-9-17-14/h4-7H,2-3,8-11H2,1H3,(H2,16,17,18). The van der Waals surface area contributed by atoms with Gasteiger partial charge in [-0.2, -0.15) is 0 Å². The van der Waals surface area contributed by atoms with Crippen LogP contribution in [0.25, 0.3) is 0 Å². The van der Waals surface area contributed by atoms with Crippen molar-refractivity contribution < 1.29 is 4.39 Å². The van der Waals surface area contributed by atoms with Gasteiger partial charge in [-0.25, -0.2) is 4.39 Å². The fourth-order valence-electron chi connectivity index (χ4n) is 2.00. The molecular formula is C14H21FN4. The Kier molecular flexibility index (Phi) is 5.01. The first-order valence-electron chi connectivity index (χ1n) is 6.74. The highest BCUT2D eigenvalue weighted by molar-refractivity contribution is 5.80. The number of rotatable bonds is 5. The van der Waals surface area contributed by atoms with Crippen molar-refractivity contribution in [2.75, 3.05) is 38.1 Å². The van der Waals surface area contributed by atoms with Crippen molar-refractivity contribution in [3.63, 3.8) is 0 Å². The minimum Gasteiger partial charge on any atom is -0.375 e. The molecule has 0 saturated heterocycles. The first-order valence-corrected chi connectivity index (χ1v) is 6.74. The van der Waals surface area contributed by atoms with Crippen LogP contribution in [0.5, 0.6) is 0 Å². The molecular weight excluding hydrogens is 243 g/mol. The zero-order valence-corrected chi connectivity index (χ0v) is 11.3. The lowest BCUT2D eigenvalue weighted by atomic mass is 10.2. The van der Waals surface area contributed by atoms with Crippen molar-refractivity contribution >= 4 is 11.6 Å². The molecule has 1 heterocycles. The van der Waals surface area contributed by atoms with Gasteiger partial charge < -0.3 is 15.5 Å². The molecule has 0 unspecified atom stereocenters. The molecule has 5 heteroatoms. The molecule has 0 amide bonds. The van der Waals surface area contributed by atoms with Gasteiger partial charge in [-0.15, -0.1) is 0 Å². The van der Waals surface area contributed by atoms with E-state index in [2.05, 4.69) is 20.5 Å². The molecule has 0 fully saturated rings. The molecule has 2 N–H and O–H groups in total. The number of hydrogen-bond donors (Lipinski definition) is 2. The number of nitrogens with one attached hydrogen (secondary N) is 2. The molecule has 1 aliphatic rings. The number of aliphatic imine (C=N–C) groups is 1. The van der Waals surface area contributed by atoms with Crippen molar-refractivity contribution in [2.45, 2.75) is 12.8 Å². The van der Waals surface area contributed by atoms with E-state index >= 15 is 0 Å². The smallest absolute Gasteiger partial charge is 0.191 e. The summed E-state index contributed by atoms with van der Waals surface area (Å²) in [5, 5.41) is 6.52. The minimum absolute atomic E-state index is 0.194. The summed E-state index contributed by atoms with van der Waals surface area (Å²) >= 11 is 0. The van der Waals surface area contributed by atoms with Crippen molar-refractivity contribution in [3.8, 4) is 0 Å². The Balaban J connectivity index is 1.67. The van der Waals surface area contributed by atoms with E-state index in [4.69, 9.17) is 0 Å². The third kappa shape index (κ3) is 4.43. The molecule has 0 atom stereocenters. The summed E-state index contributed by atoms with van der Waals surface area (Å²) in [6.45, 7) is 3.72. The van der Waals surface area contributed by atoms with Crippen LogP contribution in [0.1, 0.15) is 12.8 Å². The topological polar surface area (TPSA) is 39.7 Å². The van der Waals surface area contributed by atoms with Gasteiger partial charge >= 0.3 is 0 Å². The maximum absolute atomic E-state index is 12.8. The first kappa shape index (κ1) is 13.6. The molecule has 0 aromatic heterocycles. The van der Waals surface area contributed by atoms with Crippen LogP contribution in [0.15, 0.2) is 29.3 Å². The number of nitrogens with zero attached hydrogens (tertiary/aromatic N) is 2. The molecule has 19 heavy (non-hydrogen) atoms. The van der Waals surface area contributed by atoms with Crippen LogP contribution in [0, 0.1) is 5.82 Å². The second-order valence-electron chi connectivity index (χ2n) is 4.69. The van der Waals surface area contributed by atoms with Gasteiger partial charge in [-0.1, -0.05) is 0 Å². The van der Waals surface area contributed by atoms with E-state index in [1.807, 2.05) is 7.05 Å². The van der Waals surface area contributed by atoms with Gasteiger partial charge in [0.25, 0.3) is 0 Å². The first-order chi connectivity index (χ1) is 9.25. The predicted molar refractivity (Wildman–Crippen MR) is 77.2 cm³/mol. The number of benzene rings is 1. The quantitative estimate of drug-likeness (QED) is 0.793. The normalized spacial score (nSPS) is 14.5. The number of guanidine groups is 1. The molecule has 104 valence electrons. The lowest BCUT2D eigenvalue weighted by molar-refractivity contribution is 0.627. The van der Waals surface area contributed by atoms with E-state index in [1.54, 1.807) is 12.1 Å². The Morgan fingerprint density at radius 1 is 1.37 bits per heavy atom. The minimum atomic E-state index is -0.194. The fraction of sp³-hybridized carbons (Fsp3) is 0.500. The summed E-state index contributed by atoms with van der Waals surface area (Å²) < 4.78 is 12.8. The predicted octanol–water partition coefficient (Wildman–Crippen LogP) is 1.59. The van der Waals surface area contributed by atoms with Crippen LogP contribution < -0.4 is 15.5 Å². The summed E-state index contributed by atoms with van der Waals surface area (Å²) in [7, 11) is 2.02. The SMILES string of the molecule is CN(CCCNC1=NCCCN1)c1ccc(F)cc1. The van der Waals surface area contributed by atoms with Gasteiger partial charge in [-0.3, -0.25) is 4.99 Å². The number of hydrogen-bond acceptors (Lipinski definition) is 4. The van der Waals surface area contributed by atoms with E-state index < -0.39 is 0 Å². The highest BCUT2D eigenvalue weighted by atomic mass is 19.1. The van der Waals surface area contributed by atoms with Crippen LogP contribution in [-0.4, -0.2) is 39.2 Å². The van der Waals surface area contributed by atoms with Gasteiger partial charge in [0, 0.05) is 38.9 Å². The molecule has 0 spiro atoms. The monoisotopic (exact) mass is 264 g/mol. The van der Waals surface area contributed by atoms with Crippen molar-refractivity contribution in [1.82, 2.24) is 10.6 Å². The summed E-state index contributed by atoms with van der Waals surface area (Å²) in [4.78, 5) is 6.48. The Bertz CT molecular complexity index is 416. The highest BCUT2D eigenvalue weighted by Crippen LogP contribution is 2.12. The average Bonchev–Trinajstić information content (AvgIpc) is 2.45. The Morgan fingerprint density at radius 2 is 2.16 bits per heavy atom. The average molecular weight is 264 g/mol. The van der Waals surface area contributed by atoms with Crippen molar-refractivity contribution in [3.05, 3.63) is 30.1 Å². The lowest BCUT2D eigenvalue weighted by Gasteiger charge is -2.20. The Labute approximate surface area is 113 Å². The maximum atomic E-state index is 12.8. The molecule has 0 radical (unpaired) electrons. The third-order valence-corrected chi connectivity index (χ3v) is 3.13. The zero-order chi connectivity index (χ0) is 13.5. The lowest BCUT2D eigenvalue weighted by Crippen LogP contribution is -2.41.